The first-order valence-electron chi connectivity index (χ1n) is 8.45. The molecule has 1 fully saturated rings. The molecule has 0 atom stereocenters. The smallest absolute Gasteiger partial charge is 0.334 e. The van der Waals surface area contributed by atoms with Crippen LogP contribution < -0.4 is 10.7 Å². The lowest BCUT2D eigenvalue weighted by molar-refractivity contribution is 0.106. The number of Topliss-reactive ketones (excluding diaryl/α,β-unsaturated/α-hetero) is 1. The molecule has 122 valence electrons. The van der Waals surface area contributed by atoms with E-state index < -0.39 is 0 Å². The van der Waals surface area contributed by atoms with Crippen molar-refractivity contribution in [2.24, 2.45) is 5.10 Å². The number of amides is 2. The largest absolute Gasteiger partial charge is 0.335 e. The molecule has 0 aliphatic heterocycles. The van der Waals surface area contributed by atoms with E-state index >= 15 is 0 Å². The predicted octanol–water partition coefficient (Wildman–Crippen LogP) is 3.37. The normalized spacial score (nSPS) is 19.0. The number of nitrogens with zero attached hydrogens (tertiary/aromatic N) is 1. The van der Waals surface area contributed by atoms with Crippen molar-refractivity contribution in [1.29, 1.82) is 0 Å². The summed E-state index contributed by atoms with van der Waals surface area (Å²) in [6.07, 6.45) is 5.55. The topological polar surface area (TPSA) is 70.6 Å². The van der Waals surface area contributed by atoms with Crippen molar-refractivity contribution in [1.82, 2.24) is 10.7 Å². The van der Waals surface area contributed by atoms with Gasteiger partial charge in [-0.25, -0.2) is 10.2 Å². The van der Waals surface area contributed by atoms with Crippen LogP contribution >= 0.6 is 0 Å². The molecule has 0 heterocycles. The highest BCUT2D eigenvalue weighted by molar-refractivity contribution is 6.59. The molecule has 2 aliphatic carbocycles. The van der Waals surface area contributed by atoms with Crippen LogP contribution in [0.25, 0.3) is 10.8 Å². The van der Waals surface area contributed by atoms with E-state index in [1.165, 1.54) is 6.42 Å². The van der Waals surface area contributed by atoms with Crippen LogP contribution in [0.3, 0.4) is 0 Å². The number of hydrogen-bond acceptors (Lipinski definition) is 3. The highest BCUT2D eigenvalue weighted by Gasteiger charge is 2.29. The van der Waals surface area contributed by atoms with E-state index in [1.54, 1.807) is 6.07 Å². The van der Waals surface area contributed by atoms with E-state index in [0.29, 0.717) is 11.3 Å². The van der Waals surface area contributed by atoms with Crippen LogP contribution in [0.5, 0.6) is 0 Å². The van der Waals surface area contributed by atoms with Gasteiger partial charge in [-0.2, -0.15) is 5.10 Å². The minimum atomic E-state index is -0.342. The van der Waals surface area contributed by atoms with Crippen molar-refractivity contribution >= 4 is 28.3 Å². The zero-order valence-electron chi connectivity index (χ0n) is 13.3. The van der Waals surface area contributed by atoms with E-state index in [4.69, 9.17) is 0 Å². The van der Waals surface area contributed by atoms with Gasteiger partial charge in [0.1, 0.15) is 5.71 Å². The third-order valence-corrected chi connectivity index (χ3v) is 4.83. The Morgan fingerprint density at radius 3 is 2.46 bits per heavy atom. The molecule has 24 heavy (non-hydrogen) atoms. The van der Waals surface area contributed by atoms with Gasteiger partial charge in [0, 0.05) is 22.6 Å². The van der Waals surface area contributed by atoms with E-state index in [-0.39, 0.29) is 17.9 Å². The Hall–Kier alpha value is -2.69. The lowest BCUT2D eigenvalue weighted by Crippen LogP contribution is -2.41. The second kappa shape index (κ2) is 6.07. The molecule has 2 aliphatic rings. The number of nitrogens with one attached hydrogen (secondary N) is 2. The number of urea groups is 1. The number of ketones is 1. The molecule has 0 aromatic heterocycles. The molecule has 0 unspecified atom stereocenters. The van der Waals surface area contributed by atoms with Gasteiger partial charge in [0.15, 0.2) is 0 Å². The lowest BCUT2D eigenvalue weighted by atomic mass is 9.96. The van der Waals surface area contributed by atoms with E-state index in [2.05, 4.69) is 15.8 Å². The second-order valence-electron chi connectivity index (χ2n) is 6.42. The van der Waals surface area contributed by atoms with Crippen molar-refractivity contribution in [2.45, 2.75) is 38.1 Å². The van der Waals surface area contributed by atoms with Crippen molar-refractivity contribution in [2.75, 3.05) is 0 Å². The van der Waals surface area contributed by atoms with Gasteiger partial charge in [0.2, 0.25) is 5.78 Å². The number of carbonyl (C=O) groups excluding carboxylic acids is 2. The Bertz CT molecular complexity index is 846. The molecule has 2 amide bonds. The molecule has 0 spiro atoms. The molecule has 2 aromatic rings. The van der Waals surface area contributed by atoms with Crippen LogP contribution in [-0.2, 0) is 0 Å². The molecule has 5 nitrogen and oxygen atoms in total. The van der Waals surface area contributed by atoms with Crippen LogP contribution in [0.4, 0.5) is 4.79 Å². The maximum atomic E-state index is 12.6. The van der Waals surface area contributed by atoms with E-state index in [1.807, 2.05) is 30.3 Å². The fourth-order valence-electron chi connectivity index (χ4n) is 3.66. The number of hydrazone groups is 1. The van der Waals surface area contributed by atoms with E-state index in [9.17, 15) is 9.59 Å². The second-order valence-corrected chi connectivity index (χ2v) is 6.42. The lowest BCUT2D eigenvalue weighted by Gasteiger charge is -2.22. The van der Waals surface area contributed by atoms with Gasteiger partial charge >= 0.3 is 6.03 Å². The number of carbonyl (C=O) groups is 2. The van der Waals surface area contributed by atoms with Crippen LogP contribution in [0.2, 0.25) is 0 Å². The molecule has 1 saturated carbocycles. The van der Waals surface area contributed by atoms with Crippen molar-refractivity contribution in [3.8, 4) is 0 Å². The summed E-state index contributed by atoms with van der Waals surface area (Å²) in [7, 11) is 0. The van der Waals surface area contributed by atoms with Crippen LogP contribution in [0.1, 0.15) is 48.0 Å². The third-order valence-electron chi connectivity index (χ3n) is 4.83. The first kappa shape index (κ1) is 14.9. The Kier molecular flexibility index (Phi) is 3.76. The molecule has 2 N–H and O–H groups in total. The fraction of sp³-hybridized carbons (Fsp3) is 0.316. The zero-order valence-corrected chi connectivity index (χ0v) is 13.3. The summed E-state index contributed by atoms with van der Waals surface area (Å²) in [5.41, 5.74) is 4.24. The van der Waals surface area contributed by atoms with Gasteiger partial charge in [0.25, 0.3) is 0 Å². The van der Waals surface area contributed by atoms with Crippen LogP contribution in [-0.4, -0.2) is 23.6 Å². The fourth-order valence-corrected chi connectivity index (χ4v) is 3.66. The first-order valence-corrected chi connectivity index (χ1v) is 8.45. The SMILES string of the molecule is O=C(N/N=C1\C(=O)c2cccc3cccc1c23)NC1CCCCC1. The number of benzene rings is 2. The predicted molar refractivity (Wildman–Crippen MR) is 93.4 cm³/mol. The number of hydrogen-bond donors (Lipinski definition) is 2. The summed E-state index contributed by atoms with van der Waals surface area (Å²) in [4.78, 5) is 24.6. The van der Waals surface area contributed by atoms with Crippen LogP contribution in [0, 0.1) is 0 Å². The summed E-state index contributed by atoms with van der Waals surface area (Å²) in [6, 6.07) is 11.3. The van der Waals surface area contributed by atoms with Gasteiger partial charge in [-0.1, -0.05) is 55.7 Å². The maximum absolute atomic E-state index is 12.6. The monoisotopic (exact) mass is 321 g/mol. The molecule has 5 heteroatoms. The van der Waals surface area contributed by atoms with E-state index in [0.717, 1.165) is 42.0 Å². The maximum Gasteiger partial charge on any atom is 0.335 e. The highest BCUT2D eigenvalue weighted by atomic mass is 16.2. The van der Waals surface area contributed by atoms with Gasteiger partial charge < -0.3 is 5.32 Å². The Morgan fingerprint density at radius 2 is 1.71 bits per heavy atom. The summed E-state index contributed by atoms with van der Waals surface area (Å²) in [5.74, 6) is -0.139. The van der Waals surface area contributed by atoms with Gasteiger partial charge in [0.05, 0.1) is 0 Å². The van der Waals surface area contributed by atoms with Gasteiger partial charge in [-0.3, -0.25) is 4.79 Å². The third kappa shape index (κ3) is 2.56. The highest BCUT2D eigenvalue weighted by Crippen LogP contribution is 2.30. The summed E-state index contributed by atoms with van der Waals surface area (Å²) in [5, 5.41) is 8.97. The molecular weight excluding hydrogens is 302 g/mol. The molecule has 0 saturated heterocycles. The standard InChI is InChI=1S/C19H19N3O2/c23-18-15-11-5-7-12-6-4-10-14(16(12)15)17(18)21-22-19(24)20-13-8-2-1-3-9-13/h4-7,10-11,13H,1-3,8-9H2,(H2,20,22,24)/b21-17-. The molecular formula is C19H19N3O2. The number of rotatable bonds is 2. The Labute approximate surface area is 140 Å². The minimum Gasteiger partial charge on any atom is -0.334 e. The van der Waals surface area contributed by atoms with Gasteiger partial charge in [-0.05, 0) is 18.2 Å². The zero-order chi connectivity index (χ0) is 16.5. The Morgan fingerprint density at radius 1 is 1.00 bits per heavy atom. The van der Waals surface area contributed by atoms with Crippen molar-refractivity contribution in [3.05, 3.63) is 47.5 Å². The molecule has 4 rings (SSSR count). The summed E-state index contributed by atoms with van der Waals surface area (Å²) >= 11 is 0. The quantitative estimate of drug-likeness (QED) is 0.833. The first-order chi connectivity index (χ1) is 11.7. The Balaban J connectivity index is 1.54. The summed E-state index contributed by atoms with van der Waals surface area (Å²) in [6.45, 7) is 0. The average molecular weight is 321 g/mol. The van der Waals surface area contributed by atoms with Crippen LogP contribution in [0.15, 0.2) is 41.5 Å². The van der Waals surface area contributed by atoms with Crippen molar-refractivity contribution in [3.63, 3.8) is 0 Å². The summed E-state index contributed by atoms with van der Waals surface area (Å²) < 4.78 is 0. The molecule has 0 radical (unpaired) electrons. The van der Waals surface area contributed by atoms with Crippen molar-refractivity contribution < 1.29 is 9.59 Å². The van der Waals surface area contributed by atoms with Gasteiger partial charge in [-0.15, -0.1) is 0 Å². The average Bonchev–Trinajstić information content (AvgIpc) is 2.88. The minimum absolute atomic E-state index is 0.139. The molecule has 2 aromatic carbocycles. The molecule has 0 bridgehead atoms.